The summed E-state index contributed by atoms with van der Waals surface area (Å²) in [6.45, 7) is 9.07. The van der Waals surface area contributed by atoms with E-state index in [0.717, 1.165) is 55.2 Å². The number of rotatable bonds is 4. The summed E-state index contributed by atoms with van der Waals surface area (Å²) in [5, 5.41) is 16.6. The van der Waals surface area contributed by atoms with Gasteiger partial charge in [-0.05, 0) is 50.1 Å². The lowest BCUT2D eigenvalue weighted by Crippen LogP contribution is -2.50. The van der Waals surface area contributed by atoms with E-state index in [9.17, 15) is 9.90 Å². The van der Waals surface area contributed by atoms with Crippen molar-refractivity contribution in [3.63, 3.8) is 0 Å². The number of nitrogens with one attached hydrogen (secondary N) is 1. The summed E-state index contributed by atoms with van der Waals surface area (Å²) in [4.78, 5) is 17.0. The molecule has 6 nitrogen and oxygen atoms in total. The van der Waals surface area contributed by atoms with E-state index in [-0.39, 0.29) is 17.6 Å². The van der Waals surface area contributed by atoms with Gasteiger partial charge in [0.1, 0.15) is 5.75 Å². The monoisotopic (exact) mass is 342 g/mol. The van der Waals surface area contributed by atoms with Crippen LogP contribution in [-0.4, -0.2) is 52.3 Å². The number of aromatic nitrogens is 2. The topological polar surface area (TPSA) is 72.5 Å². The van der Waals surface area contributed by atoms with Crippen molar-refractivity contribution in [1.82, 2.24) is 15.1 Å². The number of carbonyl (C=O) groups is 1. The van der Waals surface area contributed by atoms with Crippen molar-refractivity contribution < 1.29 is 9.90 Å². The minimum atomic E-state index is -0.0461. The van der Waals surface area contributed by atoms with E-state index in [1.807, 2.05) is 37.8 Å². The average molecular weight is 342 g/mol. The standard InChI is InChI=1S/C19H26N4O2/c1-13(12-18-14(2)20-21-15(18)3)19(25)23-10-8-22(9-11-23)16-4-6-17(24)7-5-16/h4-7,13,24H,8-12H2,1-3H3,(H,20,21). The molecular weight excluding hydrogens is 316 g/mol. The minimum Gasteiger partial charge on any atom is -0.508 e. The molecule has 1 aliphatic heterocycles. The van der Waals surface area contributed by atoms with Crippen LogP contribution in [0.3, 0.4) is 0 Å². The van der Waals surface area contributed by atoms with Crippen LogP contribution in [0.1, 0.15) is 23.9 Å². The van der Waals surface area contributed by atoms with Crippen LogP contribution in [0, 0.1) is 19.8 Å². The van der Waals surface area contributed by atoms with Gasteiger partial charge in [-0.15, -0.1) is 0 Å². The summed E-state index contributed by atoms with van der Waals surface area (Å²) in [6.07, 6.45) is 0.727. The van der Waals surface area contributed by atoms with Crippen molar-refractivity contribution >= 4 is 11.6 Å². The maximum atomic E-state index is 12.8. The Balaban J connectivity index is 1.56. The number of carbonyl (C=O) groups excluding carboxylic acids is 1. The molecule has 2 N–H and O–H groups in total. The average Bonchev–Trinajstić information content (AvgIpc) is 2.94. The number of hydrogen-bond donors (Lipinski definition) is 2. The molecule has 0 saturated carbocycles. The summed E-state index contributed by atoms with van der Waals surface area (Å²) in [7, 11) is 0. The maximum Gasteiger partial charge on any atom is 0.225 e. The van der Waals surface area contributed by atoms with Crippen LogP contribution >= 0.6 is 0 Å². The number of hydrogen-bond acceptors (Lipinski definition) is 4. The highest BCUT2D eigenvalue weighted by Crippen LogP contribution is 2.21. The third-order valence-electron chi connectivity index (χ3n) is 5.02. The summed E-state index contributed by atoms with van der Waals surface area (Å²) >= 11 is 0. The molecule has 0 aliphatic carbocycles. The highest BCUT2D eigenvalue weighted by Gasteiger charge is 2.26. The van der Waals surface area contributed by atoms with E-state index in [1.54, 1.807) is 12.1 Å². The van der Waals surface area contributed by atoms with Gasteiger partial charge in [0.25, 0.3) is 0 Å². The zero-order valence-electron chi connectivity index (χ0n) is 15.1. The first-order valence-electron chi connectivity index (χ1n) is 8.79. The first-order chi connectivity index (χ1) is 12.0. The van der Waals surface area contributed by atoms with Gasteiger partial charge in [-0.3, -0.25) is 9.89 Å². The van der Waals surface area contributed by atoms with Crippen molar-refractivity contribution in [3.05, 3.63) is 41.2 Å². The normalized spacial score (nSPS) is 16.1. The van der Waals surface area contributed by atoms with Gasteiger partial charge in [0.2, 0.25) is 5.91 Å². The van der Waals surface area contributed by atoms with Crippen LogP contribution in [0.15, 0.2) is 24.3 Å². The van der Waals surface area contributed by atoms with E-state index < -0.39 is 0 Å². The molecule has 0 bridgehead atoms. The fourth-order valence-electron chi connectivity index (χ4n) is 3.43. The van der Waals surface area contributed by atoms with Crippen LogP contribution in [0.25, 0.3) is 0 Å². The number of benzene rings is 1. The number of amides is 1. The summed E-state index contributed by atoms with van der Waals surface area (Å²) in [6, 6.07) is 7.23. The fraction of sp³-hybridized carbons (Fsp3) is 0.474. The lowest BCUT2D eigenvalue weighted by molar-refractivity contribution is -0.135. The smallest absolute Gasteiger partial charge is 0.225 e. The summed E-state index contributed by atoms with van der Waals surface area (Å²) < 4.78 is 0. The number of aryl methyl sites for hydroxylation is 2. The van der Waals surface area contributed by atoms with E-state index in [2.05, 4.69) is 15.1 Å². The van der Waals surface area contributed by atoms with Crippen molar-refractivity contribution in [1.29, 1.82) is 0 Å². The first-order valence-corrected chi connectivity index (χ1v) is 8.79. The van der Waals surface area contributed by atoms with E-state index in [4.69, 9.17) is 0 Å². The van der Waals surface area contributed by atoms with Gasteiger partial charge in [-0.25, -0.2) is 0 Å². The Morgan fingerprint density at radius 1 is 1.20 bits per heavy atom. The molecule has 0 radical (unpaired) electrons. The Kier molecular flexibility index (Phi) is 4.97. The van der Waals surface area contributed by atoms with Gasteiger partial charge in [-0.2, -0.15) is 5.10 Å². The molecule has 0 spiro atoms. The zero-order chi connectivity index (χ0) is 18.0. The molecule has 1 aliphatic rings. The number of piperazine rings is 1. The molecular formula is C19H26N4O2. The summed E-state index contributed by atoms with van der Waals surface area (Å²) in [5.74, 6) is 0.441. The maximum absolute atomic E-state index is 12.8. The lowest BCUT2D eigenvalue weighted by Gasteiger charge is -2.37. The Bertz CT molecular complexity index is 711. The molecule has 2 aromatic rings. The molecule has 25 heavy (non-hydrogen) atoms. The Labute approximate surface area is 148 Å². The molecule has 6 heteroatoms. The predicted molar refractivity (Wildman–Crippen MR) is 97.8 cm³/mol. The highest BCUT2D eigenvalue weighted by atomic mass is 16.3. The number of phenolic OH excluding ortho intramolecular Hbond substituents is 1. The van der Waals surface area contributed by atoms with Gasteiger partial charge in [-0.1, -0.05) is 6.92 Å². The molecule has 134 valence electrons. The number of anilines is 1. The molecule has 1 fully saturated rings. The zero-order valence-corrected chi connectivity index (χ0v) is 15.1. The van der Waals surface area contributed by atoms with E-state index in [0.29, 0.717) is 0 Å². The Morgan fingerprint density at radius 3 is 2.40 bits per heavy atom. The van der Waals surface area contributed by atoms with Crippen molar-refractivity contribution in [2.45, 2.75) is 27.2 Å². The second-order valence-corrected chi connectivity index (χ2v) is 6.85. The van der Waals surface area contributed by atoms with Crippen LogP contribution in [0.2, 0.25) is 0 Å². The molecule has 1 amide bonds. The molecule has 1 saturated heterocycles. The van der Waals surface area contributed by atoms with Gasteiger partial charge in [0.15, 0.2) is 0 Å². The fourth-order valence-corrected chi connectivity index (χ4v) is 3.43. The van der Waals surface area contributed by atoms with Gasteiger partial charge in [0, 0.05) is 43.5 Å². The van der Waals surface area contributed by atoms with Crippen LogP contribution in [-0.2, 0) is 11.2 Å². The molecule has 2 heterocycles. The molecule has 3 rings (SSSR count). The SMILES string of the molecule is Cc1n[nH]c(C)c1CC(C)C(=O)N1CCN(c2ccc(O)cc2)CC1. The molecule has 1 atom stereocenters. The van der Waals surface area contributed by atoms with Crippen molar-refractivity contribution in [2.75, 3.05) is 31.1 Å². The summed E-state index contributed by atoms with van der Waals surface area (Å²) in [5.41, 5.74) is 4.27. The third kappa shape index (κ3) is 3.78. The quantitative estimate of drug-likeness (QED) is 0.894. The van der Waals surface area contributed by atoms with Gasteiger partial charge >= 0.3 is 0 Å². The van der Waals surface area contributed by atoms with Gasteiger partial charge in [0.05, 0.1) is 5.69 Å². The first kappa shape index (κ1) is 17.3. The van der Waals surface area contributed by atoms with Crippen LogP contribution in [0.4, 0.5) is 5.69 Å². The van der Waals surface area contributed by atoms with Crippen molar-refractivity contribution in [3.8, 4) is 5.75 Å². The Hall–Kier alpha value is -2.50. The van der Waals surface area contributed by atoms with Crippen LogP contribution < -0.4 is 4.90 Å². The second-order valence-electron chi connectivity index (χ2n) is 6.85. The van der Waals surface area contributed by atoms with Crippen LogP contribution in [0.5, 0.6) is 5.75 Å². The minimum absolute atomic E-state index is 0.0461. The Morgan fingerprint density at radius 2 is 1.84 bits per heavy atom. The number of aromatic amines is 1. The third-order valence-corrected chi connectivity index (χ3v) is 5.02. The van der Waals surface area contributed by atoms with Gasteiger partial charge < -0.3 is 14.9 Å². The lowest BCUT2D eigenvalue weighted by atomic mass is 9.98. The van der Waals surface area contributed by atoms with E-state index in [1.165, 1.54) is 0 Å². The molecule has 1 aromatic heterocycles. The molecule has 1 unspecified atom stereocenters. The van der Waals surface area contributed by atoms with E-state index >= 15 is 0 Å². The largest absolute Gasteiger partial charge is 0.508 e. The predicted octanol–water partition coefficient (Wildman–Crippen LogP) is 2.26. The number of aromatic hydroxyl groups is 1. The van der Waals surface area contributed by atoms with Crippen molar-refractivity contribution in [2.24, 2.45) is 5.92 Å². The number of H-pyrrole nitrogens is 1. The highest BCUT2D eigenvalue weighted by molar-refractivity contribution is 5.79. The second kappa shape index (κ2) is 7.17. The molecule has 1 aromatic carbocycles. The number of phenols is 1. The number of nitrogens with zero attached hydrogens (tertiary/aromatic N) is 3.